The molecule has 0 saturated heterocycles. The summed E-state index contributed by atoms with van der Waals surface area (Å²) in [5.41, 5.74) is 1.76. The molecule has 1 heterocycles. The molecule has 0 saturated carbocycles. The molecule has 0 fully saturated rings. The van der Waals surface area contributed by atoms with Crippen LogP contribution >= 0.6 is 11.6 Å². The number of rotatable bonds is 4. The Balaban J connectivity index is 1.91. The lowest BCUT2D eigenvalue weighted by molar-refractivity contribution is 0.581. The number of aryl methyl sites for hydroxylation is 1. The molecule has 0 amide bonds. The highest BCUT2D eigenvalue weighted by Gasteiger charge is 2.17. The lowest BCUT2D eigenvalue weighted by Crippen LogP contribution is -2.27. The van der Waals surface area contributed by atoms with Gasteiger partial charge in [0.05, 0.1) is 5.02 Å². The van der Waals surface area contributed by atoms with Gasteiger partial charge in [-0.2, -0.15) is 0 Å². The lowest BCUT2D eigenvalue weighted by atomic mass is 10.1. The highest BCUT2D eigenvalue weighted by Crippen LogP contribution is 2.20. The summed E-state index contributed by atoms with van der Waals surface area (Å²) < 4.78 is 27.1. The smallest absolute Gasteiger partial charge is 0.252 e. The van der Waals surface area contributed by atoms with Crippen LogP contribution in [0.3, 0.4) is 0 Å². The summed E-state index contributed by atoms with van der Waals surface area (Å²) in [7, 11) is -3.80. The Labute approximate surface area is 144 Å². The van der Waals surface area contributed by atoms with Crippen molar-refractivity contribution in [1.29, 1.82) is 0 Å². The highest BCUT2D eigenvalue weighted by molar-refractivity contribution is 7.89. The van der Waals surface area contributed by atoms with Crippen LogP contribution in [-0.2, 0) is 16.6 Å². The Hall–Kier alpha value is -2.15. The molecule has 0 radical (unpaired) electrons. The van der Waals surface area contributed by atoms with E-state index in [1.807, 2.05) is 25.1 Å². The number of benzene rings is 2. The number of aromatic nitrogens is 1. The molecule has 5 nitrogen and oxygen atoms in total. The van der Waals surface area contributed by atoms with E-state index in [1.54, 1.807) is 18.2 Å². The van der Waals surface area contributed by atoms with E-state index in [-0.39, 0.29) is 22.0 Å². The summed E-state index contributed by atoms with van der Waals surface area (Å²) >= 11 is 5.93. The van der Waals surface area contributed by atoms with Crippen LogP contribution in [0.15, 0.2) is 58.2 Å². The van der Waals surface area contributed by atoms with Crippen LogP contribution in [0, 0.1) is 6.92 Å². The van der Waals surface area contributed by atoms with Crippen molar-refractivity contribution in [2.75, 3.05) is 0 Å². The molecule has 2 N–H and O–H groups in total. The van der Waals surface area contributed by atoms with Crippen molar-refractivity contribution < 1.29 is 8.42 Å². The standard InChI is InChI=1S/C17H15ClN2O3S/c1-11-6-7-12-9-13(17(21)20-15(12)8-11)10-19-24(22,23)16-5-3-2-4-14(16)18/h2-9,19H,10H2,1H3,(H,20,21). The fraction of sp³-hybridized carbons (Fsp3) is 0.118. The van der Waals surface area contributed by atoms with E-state index in [4.69, 9.17) is 11.6 Å². The fourth-order valence-electron chi connectivity index (χ4n) is 2.40. The van der Waals surface area contributed by atoms with Gasteiger partial charge in [0.1, 0.15) is 4.90 Å². The van der Waals surface area contributed by atoms with E-state index in [0.717, 1.165) is 16.5 Å². The number of pyridine rings is 1. The Morgan fingerprint density at radius 3 is 2.62 bits per heavy atom. The molecule has 3 aromatic rings. The molecule has 0 aliphatic heterocycles. The summed E-state index contributed by atoms with van der Waals surface area (Å²) in [5, 5.41) is 0.972. The van der Waals surface area contributed by atoms with Crippen LogP contribution in [0.5, 0.6) is 0 Å². The van der Waals surface area contributed by atoms with E-state index in [0.29, 0.717) is 5.56 Å². The van der Waals surface area contributed by atoms with Crippen molar-refractivity contribution in [1.82, 2.24) is 9.71 Å². The van der Waals surface area contributed by atoms with Gasteiger partial charge in [0.2, 0.25) is 10.0 Å². The molecule has 0 aliphatic carbocycles. The molecule has 124 valence electrons. The SMILES string of the molecule is Cc1ccc2cc(CNS(=O)(=O)c3ccccc3Cl)c(=O)[nH]c2c1. The van der Waals surface area contributed by atoms with Crippen molar-refractivity contribution in [3.05, 3.63) is 75.0 Å². The molecule has 0 unspecified atom stereocenters. The molecular formula is C17H15ClN2O3S. The Bertz CT molecular complexity index is 1070. The molecule has 24 heavy (non-hydrogen) atoms. The van der Waals surface area contributed by atoms with Crippen molar-refractivity contribution in [3.8, 4) is 0 Å². The lowest BCUT2D eigenvalue weighted by Gasteiger charge is -2.09. The molecule has 3 rings (SSSR count). The number of aromatic amines is 1. The average Bonchev–Trinajstić information content (AvgIpc) is 2.53. The highest BCUT2D eigenvalue weighted by atomic mass is 35.5. The van der Waals surface area contributed by atoms with E-state index in [1.165, 1.54) is 12.1 Å². The summed E-state index contributed by atoms with van der Waals surface area (Å²) in [6.07, 6.45) is 0. The molecule has 1 aromatic heterocycles. The summed E-state index contributed by atoms with van der Waals surface area (Å²) in [5.74, 6) is 0. The van der Waals surface area contributed by atoms with Crippen LogP contribution in [0.1, 0.15) is 11.1 Å². The number of hydrogen-bond donors (Lipinski definition) is 2. The number of sulfonamides is 1. The van der Waals surface area contributed by atoms with Crippen molar-refractivity contribution in [3.63, 3.8) is 0 Å². The third kappa shape index (κ3) is 3.36. The molecule has 0 aliphatic rings. The van der Waals surface area contributed by atoms with E-state index in [9.17, 15) is 13.2 Å². The minimum atomic E-state index is -3.80. The van der Waals surface area contributed by atoms with Gasteiger partial charge in [-0.3, -0.25) is 4.79 Å². The van der Waals surface area contributed by atoms with Gasteiger partial charge in [-0.1, -0.05) is 35.9 Å². The minimum Gasteiger partial charge on any atom is -0.322 e. The van der Waals surface area contributed by atoms with E-state index < -0.39 is 10.0 Å². The van der Waals surface area contributed by atoms with E-state index in [2.05, 4.69) is 9.71 Å². The molecule has 2 aromatic carbocycles. The Morgan fingerprint density at radius 1 is 1.12 bits per heavy atom. The quantitative estimate of drug-likeness (QED) is 0.748. The van der Waals surface area contributed by atoms with Crippen LogP contribution in [0.4, 0.5) is 0 Å². The predicted molar refractivity (Wildman–Crippen MR) is 94.8 cm³/mol. The second-order valence-electron chi connectivity index (χ2n) is 5.47. The molecule has 0 bridgehead atoms. The van der Waals surface area contributed by atoms with Crippen molar-refractivity contribution >= 4 is 32.5 Å². The van der Waals surface area contributed by atoms with E-state index >= 15 is 0 Å². The van der Waals surface area contributed by atoms with Gasteiger partial charge in [-0.05, 0) is 42.1 Å². The monoisotopic (exact) mass is 362 g/mol. The summed E-state index contributed by atoms with van der Waals surface area (Å²) in [6.45, 7) is 1.82. The third-order valence-electron chi connectivity index (χ3n) is 3.66. The van der Waals surface area contributed by atoms with Gasteiger partial charge in [-0.25, -0.2) is 13.1 Å². The predicted octanol–water partition coefficient (Wildman–Crippen LogP) is 2.97. The Morgan fingerprint density at radius 2 is 1.88 bits per heavy atom. The number of hydrogen-bond acceptors (Lipinski definition) is 3. The summed E-state index contributed by atoms with van der Waals surface area (Å²) in [4.78, 5) is 14.9. The first-order valence-corrected chi connectivity index (χ1v) is 9.10. The molecule has 0 atom stereocenters. The van der Waals surface area contributed by atoms with Gasteiger partial charge >= 0.3 is 0 Å². The third-order valence-corrected chi connectivity index (χ3v) is 5.56. The summed E-state index contributed by atoms with van der Waals surface area (Å²) in [6, 6.07) is 13.5. The van der Waals surface area contributed by atoms with Crippen LogP contribution < -0.4 is 10.3 Å². The van der Waals surface area contributed by atoms with Crippen LogP contribution in [-0.4, -0.2) is 13.4 Å². The van der Waals surface area contributed by atoms with Crippen LogP contribution in [0.2, 0.25) is 5.02 Å². The molecular weight excluding hydrogens is 348 g/mol. The van der Waals surface area contributed by atoms with Crippen LogP contribution in [0.25, 0.3) is 10.9 Å². The fourth-order valence-corrected chi connectivity index (χ4v) is 3.93. The first kappa shape index (κ1) is 16.7. The van der Waals surface area contributed by atoms with Gasteiger partial charge in [0.25, 0.3) is 5.56 Å². The largest absolute Gasteiger partial charge is 0.322 e. The Kier molecular flexibility index (Phi) is 4.45. The first-order chi connectivity index (χ1) is 11.4. The zero-order valence-corrected chi connectivity index (χ0v) is 14.4. The van der Waals surface area contributed by atoms with Crippen molar-refractivity contribution in [2.24, 2.45) is 0 Å². The maximum Gasteiger partial charge on any atom is 0.252 e. The zero-order chi connectivity index (χ0) is 17.3. The zero-order valence-electron chi connectivity index (χ0n) is 12.8. The second-order valence-corrected chi connectivity index (χ2v) is 7.61. The average molecular weight is 363 g/mol. The number of H-pyrrole nitrogens is 1. The van der Waals surface area contributed by atoms with Gasteiger partial charge in [0.15, 0.2) is 0 Å². The van der Waals surface area contributed by atoms with Gasteiger partial charge in [-0.15, -0.1) is 0 Å². The first-order valence-electron chi connectivity index (χ1n) is 7.23. The van der Waals surface area contributed by atoms with Crippen molar-refractivity contribution in [2.45, 2.75) is 18.4 Å². The maximum absolute atomic E-state index is 12.3. The van der Waals surface area contributed by atoms with Gasteiger partial charge in [0, 0.05) is 17.6 Å². The number of halogens is 1. The van der Waals surface area contributed by atoms with Gasteiger partial charge < -0.3 is 4.98 Å². The minimum absolute atomic E-state index is 0.0143. The topological polar surface area (TPSA) is 79.0 Å². The second kappa shape index (κ2) is 6.39. The molecule has 0 spiro atoms. The molecule has 7 heteroatoms. The maximum atomic E-state index is 12.3. The normalized spacial score (nSPS) is 11.8. The number of nitrogens with one attached hydrogen (secondary N) is 2. The number of fused-ring (bicyclic) bond motifs is 1.